The summed E-state index contributed by atoms with van der Waals surface area (Å²) >= 11 is 1.63. The molecule has 0 radical (unpaired) electrons. The van der Waals surface area contributed by atoms with E-state index in [9.17, 15) is 4.79 Å². The monoisotopic (exact) mass is 305 g/mol. The van der Waals surface area contributed by atoms with Crippen LogP contribution in [0.3, 0.4) is 0 Å². The SMILES string of the molecule is Cc1csc(NCC2CCCCN2c2ccc(=O)[nH]n2)n1. The molecule has 1 aliphatic rings. The number of hydrogen-bond donors (Lipinski definition) is 2. The van der Waals surface area contributed by atoms with E-state index in [-0.39, 0.29) is 5.56 Å². The third kappa shape index (κ3) is 3.41. The Balaban J connectivity index is 1.69. The molecule has 0 aliphatic carbocycles. The molecule has 3 heterocycles. The number of anilines is 2. The van der Waals surface area contributed by atoms with Crippen molar-refractivity contribution in [2.75, 3.05) is 23.3 Å². The van der Waals surface area contributed by atoms with Gasteiger partial charge in [-0.25, -0.2) is 10.1 Å². The Bertz CT molecular complexity index is 632. The molecule has 0 aromatic carbocycles. The quantitative estimate of drug-likeness (QED) is 0.904. The van der Waals surface area contributed by atoms with E-state index in [0.29, 0.717) is 6.04 Å². The predicted molar refractivity (Wildman–Crippen MR) is 85.2 cm³/mol. The van der Waals surface area contributed by atoms with Crippen molar-refractivity contribution in [3.05, 3.63) is 33.6 Å². The first-order valence-electron chi connectivity index (χ1n) is 7.21. The molecular formula is C14H19N5OS. The van der Waals surface area contributed by atoms with E-state index in [1.165, 1.54) is 12.5 Å². The first-order chi connectivity index (χ1) is 10.2. The summed E-state index contributed by atoms with van der Waals surface area (Å²) in [5.74, 6) is 0.844. The first kappa shape index (κ1) is 14.1. The van der Waals surface area contributed by atoms with E-state index >= 15 is 0 Å². The van der Waals surface area contributed by atoms with Gasteiger partial charge in [-0.2, -0.15) is 5.10 Å². The van der Waals surface area contributed by atoms with Crippen LogP contribution in [0.4, 0.5) is 10.9 Å². The largest absolute Gasteiger partial charge is 0.359 e. The molecule has 3 rings (SSSR count). The molecule has 0 saturated carbocycles. The van der Waals surface area contributed by atoms with Crippen molar-refractivity contribution < 1.29 is 0 Å². The van der Waals surface area contributed by atoms with Crippen LogP contribution in [-0.2, 0) is 0 Å². The third-order valence-electron chi connectivity index (χ3n) is 3.69. The fraction of sp³-hybridized carbons (Fsp3) is 0.500. The number of thiazole rings is 1. The summed E-state index contributed by atoms with van der Waals surface area (Å²) in [4.78, 5) is 17.8. The average Bonchev–Trinajstić information content (AvgIpc) is 2.92. The van der Waals surface area contributed by atoms with Crippen LogP contribution in [0.1, 0.15) is 25.0 Å². The summed E-state index contributed by atoms with van der Waals surface area (Å²) in [7, 11) is 0. The van der Waals surface area contributed by atoms with Crippen LogP contribution in [0, 0.1) is 6.92 Å². The molecule has 1 fully saturated rings. The molecule has 112 valence electrons. The predicted octanol–water partition coefficient (Wildman–Crippen LogP) is 2.01. The van der Waals surface area contributed by atoms with Gasteiger partial charge in [-0.3, -0.25) is 4.79 Å². The summed E-state index contributed by atoms with van der Waals surface area (Å²) in [6, 6.07) is 3.71. The Morgan fingerprint density at radius 3 is 3.10 bits per heavy atom. The highest BCUT2D eigenvalue weighted by atomic mass is 32.1. The molecule has 0 bridgehead atoms. The van der Waals surface area contributed by atoms with Crippen molar-refractivity contribution in [3.8, 4) is 0 Å². The molecular weight excluding hydrogens is 286 g/mol. The van der Waals surface area contributed by atoms with Crippen molar-refractivity contribution in [3.63, 3.8) is 0 Å². The first-order valence-corrected chi connectivity index (χ1v) is 8.09. The number of piperidine rings is 1. The van der Waals surface area contributed by atoms with E-state index < -0.39 is 0 Å². The number of aromatic amines is 1. The molecule has 1 unspecified atom stereocenters. The Labute approximate surface area is 127 Å². The highest BCUT2D eigenvalue weighted by Gasteiger charge is 2.23. The van der Waals surface area contributed by atoms with Crippen LogP contribution in [-0.4, -0.2) is 34.3 Å². The van der Waals surface area contributed by atoms with Gasteiger partial charge in [0, 0.05) is 30.6 Å². The Kier molecular flexibility index (Phi) is 4.19. The normalized spacial score (nSPS) is 18.7. The van der Waals surface area contributed by atoms with Gasteiger partial charge >= 0.3 is 0 Å². The van der Waals surface area contributed by atoms with Gasteiger partial charge in [0.2, 0.25) is 0 Å². The summed E-state index contributed by atoms with van der Waals surface area (Å²) in [5, 5.41) is 13.1. The van der Waals surface area contributed by atoms with Crippen LogP contribution in [0.15, 0.2) is 22.3 Å². The number of aromatic nitrogens is 3. The van der Waals surface area contributed by atoms with E-state index in [1.807, 2.05) is 12.3 Å². The lowest BCUT2D eigenvalue weighted by atomic mass is 10.0. The minimum absolute atomic E-state index is 0.163. The number of hydrogen-bond acceptors (Lipinski definition) is 6. The van der Waals surface area contributed by atoms with Gasteiger partial charge in [-0.15, -0.1) is 11.3 Å². The second kappa shape index (κ2) is 6.26. The van der Waals surface area contributed by atoms with Crippen LogP contribution in [0.25, 0.3) is 0 Å². The second-order valence-corrected chi connectivity index (χ2v) is 6.16. The zero-order valence-electron chi connectivity index (χ0n) is 12.0. The maximum atomic E-state index is 11.1. The number of aryl methyl sites for hydroxylation is 1. The molecule has 0 spiro atoms. The standard InChI is InChI=1S/C14H19N5OS/c1-10-9-21-14(16-10)15-8-11-4-2-3-7-19(11)12-5-6-13(20)18-17-12/h5-6,9,11H,2-4,7-8H2,1H3,(H,15,16)(H,18,20). The minimum atomic E-state index is -0.163. The summed E-state index contributed by atoms with van der Waals surface area (Å²) in [5.41, 5.74) is 0.883. The smallest absolute Gasteiger partial charge is 0.264 e. The van der Waals surface area contributed by atoms with Gasteiger partial charge < -0.3 is 10.2 Å². The highest BCUT2D eigenvalue weighted by Crippen LogP contribution is 2.23. The van der Waals surface area contributed by atoms with Gasteiger partial charge in [0.1, 0.15) is 5.82 Å². The highest BCUT2D eigenvalue weighted by molar-refractivity contribution is 7.13. The van der Waals surface area contributed by atoms with Gasteiger partial charge in [0.05, 0.1) is 5.69 Å². The molecule has 2 N–H and O–H groups in total. The van der Waals surface area contributed by atoms with Gasteiger partial charge in [-0.1, -0.05) is 0 Å². The topological polar surface area (TPSA) is 73.9 Å². The fourth-order valence-electron chi connectivity index (χ4n) is 2.65. The fourth-order valence-corrected chi connectivity index (χ4v) is 3.35. The lowest BCUT2D eigenvalue weighted by molar-refractivity contribution is 0.467. The number of nitrogens with one attached hydrogen (secondary N) is 2. The number of H-pyrrole nitrogens is 1. The Morgan fingerprint density at radius 1 is 1.48 bits per heavy atom. The lowest BCUT2D eigenvalue weighted by Gasteiger charge is -2.36. The molecule has 2 aromatic rings. The average molecular weight is 305 g/mol. The van der Waals surface area contributed by atoms with Crippen molar-refractivity contribution in [2.45, 2.75) is 32.2 Å². The molecule has 6 nitrogen and oxygen atoms in total. The van der Waals surface area contributed by atoms with Crippen LogP contribution in [0.5, 0.6) is 0 Å². The van der Waals surface area contributed by atoms with E-state index in [2.05, 4.69) is 25.4 Å². The van der Waals surface area contributed by atoms with Gasteiger partial charge in [0.25, 0.3) is 5.56 Å². The van der Waals surface area contributed by atoms with Crippen molar-refractivity contribution in [1.29, 1.82) is 0 Å². The van der Waals surface area contributed by atoms with Crippen molar-refractivity contribution >= 4 is 22.3 Å². The van der Waals surface area contributed by atoms with Gasteiger partial charge in [0.15, 0.2) is 5.13 Å². The van der Waals surface area contributed by atoms with Gasteiger partial charge in [-0.05, 0) is 32.3 Å². The molecule has 1 aliphatic heterocycles. The molecule has 21 heavy (non-hydrogen) atoms. The molecule has 1 atom stereocenters. The van der Waals surface area contributed by atoms with E-state index in [4.69, 9.17) is 0 Å². The van der Waals surface area contributed by atoms with Crippen LogP contribution in [0.2, 0.25) is 0 Å². The van der Waals surface area contributed by atoms with Crippen molar-refractivity contribution in [1.82, 2.24) is 15.2 Å². The second-order valence-electron chi connectivity index (χ2n) is 5.30. The zero-order valence-corrected chi connectivity index (χ0v) is 12.8. The number of rotatable bonds is 4. The van der Waals surface area contributed by atoms with E-state index in [0.717, 1.165) is 42.6 Å². The minimum Gasteiger partial charge on any atom is -0.359 e. The zero-order chi connectivity index (χ0) is 14.7. The third-order valence-corrected chi connectivity index (χ3v) is 4.61. The van der Waals surface area contributed by atoms with Crippen molar-refractivity contribution in [2.24, 2.45) is 0 Å². The molecule has 0 amide bonds. The maximum Gasteiger partial charge on any atom is 0.264 e. The molecule has 1 saturated heterocycles. The molecule has 7 heteroatoms. The van der Waals surface area contributed by atoms with Crippen LogP contribution < -0.4 is 15.8 Å². The van der Waals surface area contributed by atoms with Crippen LogP contribution >= 0.6 is 11.3 Å². The lowest BCUT2D eigenvalue weighted by Crippen LogP contribution is -2.44. The summed E-state index contributed by atoms with van der Waals surface area (Å²) in [6.45, 7) is 3.81. The number of nitrogens with zero attached hydrogens (tertiary/aromatic N) is 3. The Hall–Kier alpha value is -1.89. The summed E-state index contributed by atoms with van der Waals surface area (Å²) in [6.07, 6.45) is 3.51. The maximum absolute atomic E-state index is 11.1. The summed E-state index contributed by atoms with van der Waals surface area (Å²) < 4.78 is 0. The molecule has 2 aromatic heterocycles. The Morgan fingerprint density at radius 2 is 2.38 bits per heavy atom. The van der Waals surface area contributed by atoms with E-state index in [1.54, 1.807) is 17.4 Å².